The molecule has 0 bridgehead atoms. The summed E-state index contributed by atoms with van der Waals surface area (Å²) in [4.78, 5) is 32.4. The van der Waals surface area contributed by atoms with Gasteiger partial charge >= 0.3 is 11.8 Å². The van der Waals surface area contributed by atoms with E-state index in [0.717, 1.165) is 0 Å². The number of carbonyl (C=O) groups excluding carboxylic acids is 3. The molecule has 0 unspecified atom stereocenters. The first-order valence-electron chi connectivity index (χ1n) is 5.42. The van der Waals surface area contributed by atoms with Gasteiger partial charge in [-0.1, -0.05) is 12.1 Å². The topological polar surface area (TPSA) is 114 Å². The van der Waals surface area contributed by atoms with Gasteiger partial charge < -0.3 is 11.1 Å². The molecular weight excluding hydrogens is 248 g/mol. The van der Waals surface area contributed by atoms with Crippen LogP contribution in [0.25, 0.3) is 0 Å². The van der Waals surface area contributed by atoms with Gasteiger partial charge in [-0.05, 0) is 24.6 Å². The van der Waals surface area contributed by atoms with E-state index in [4.69, 9.17) is 5.73 Å². The normalized spacial score (nSPS) is 10.7. The minimum atomic E-state index is -1.11. The van der Waals surface area contributed by atoms with Gasteiger partial charge in [0.25, 0.3) is 0 Å². The first kappa shape index (κ1) is 14.4. The molecule has 4 N–H and O–H groups in total. The maximum absolute atomic E-state index is 10.9. The molecule has 0 saturated heterocycles. The van der Waals surface area contributed by atoms with Gasteiger partial charge in [0, 0.05) is 12.6 Å². The monoisotopic (exact) mass is 262 g/mol. The van der Waals surface area contributed by atoms with Crippen LogP contribution < -0.4 is 16.5 Å². The van der Waals surface area contributed by atoms with Crippen LogP contribution in [0.1, 0.15) is 19.4 Å². The van der Waals surface area contributed by atoms with Crippen molar-refractivity contribution in [3.8, 4) is 0 Å². The van der Waals surface area contributed by atoms with Crippen LogP contribution in [-0.2, 0) is 14.4 Å². The summed E-state index contributed by atoms with van der Waals surface area (Å²) in [5, 5.41) is 6.37. The summed E-state index contributed by atoms with van der Waals surface area (Å²) in [6.45, 7) is 3.05. The fraction of sp³-hybridized carbons (Fsp3) is 0.167. The van der Waals surface area contributed by atoms with Crippen LogP contribution in [0.2, 0.25) is 0 Å². The average Bonchev–Trinajstić information content (AvgIpc) is 2.34. The van der Waals surface area contributed by atoms with Crippen LogP contribution in [0.3, 0.4) is 0 Å². The smallest absolute Gasteiger partial charge is 0.329 e. The van der Waals surface area contributed by atoms with Crippen LogP contribution >= 0.6 is 0 Å². The van der Waals surface area contributed by atoms with E-state index in [9.17, 15) is 14.4 Å². The van der Waals surface area contributed by atoms with Crippen molar-refractivity contribution in [1.82, 2.24) is 5.43 Å². The van der Waals surface area contributed by atoms with Crippen LogP contribution in [0.4, 0.5) is 5.69 Å². The third kappa shape index (κ3) is 4.58. The molecule has 100 valence electrons. The van der Waals surface area contributed by atoms with Crippen LogP contribution in [-0.4, -0.2) is 23.4 Å². The average molecular weight is 262 g/mol. The minimum absolute atomic E-state index is 0.186. The molecule has 0 aromatic heterocycles. The number of hydrazone groups is 1. The fourth-order valence-corrected chi connectivity index (χ4v) is 1.28. The number of benzene rings is 1. The summed E-state index contributed by atoms with van der Waals surface area (Å²) in [6.07, 6.45) is 0. The predicted molar refractivity (Wildman–Crippen MR) is 70.3 cm³/mol. The van der Waals surface area contributed by atoms with Crippen molar-refractivity contribution in [3.05, 3.63) is 29.8 Å². The van der Waals surface area contributed by atoms with Crippen molar-refractivity contribution in [2.45, 2.75) is 13.8 Å². The van der Waals surface area contributed by atoms with E-state index in [0.29, 0.717) is 17.0 Å². The molecule has 0 aliphatic rings. The SMILES string of the molecule is CC(=O)Nc1cccc(/C(C)=N/NC(=O)C(N)=O)c1. The quantitative estimate of drug-likeness (QED) is 0.403. The molecule has 7 nitrogen and oxygen atoms in total. The highest BCUT2D eigenvalue weighted by molar-refractivity contribution is 6.34. The van der Waals surface area contributed by atoms with Gasteiger partial charge in [0.15, 0.2) is 0 Å². The van der Waals surface area contributed by atoms with E-state index < -0.39 is 11.8 Å². The van der Waals surface area contributed by atoms with Gasteiger partial charge in [-0.15, -0.1) is 0 Å². The third-order valence-electron chi connectivity index (χ3n) is 2.15. The highest BCUT2D eigenvalue weighted by Crippen LogP contribution is 2.11. The number of amides is 3. The van der Waals surface area contributed by atoms with E-state index in [2.05, 4.69) is 10.4 Å². The number of primary amides is 1. The van der Waals surface area contributed by atoms with Crippen LogP contribution in [0, 0.1) is 0 Å². The zero-order valence-electron chi connectivity index (χ0n) is 10.6. The number of nitrogens with two attached hydrogens (primary N) is 1. The molecular formula is C12H14N4O3. The fourth-order valence-electron chi connectivity index (χ4n) is 1.28. The second kappa shape index (κ2) is 6.29. The van der Waals surface area contributed by atoms with Gasteiger partial charge in [0.2, 0.25) is 5.91 Å². The molecule has 0 saturated carbocycles. The van der Waals surface area contributed by atoms with Crippen molar-refractivity contribution in [1.29, 1.82) is 0 Å². The first-order chi connectivity index (χ1) is 8.90. The maximum atomic E-state index is 10.9. The van der Waals surface area contributed by atoms with Gasteiger partial charge in [-0.25, -0.2) is 5.43 Å². The summed E-state index contributed by atoms with van der Waals surface area (Å²) in [5.41, 5.74) is 8.58. The highest BCUT2D eigenvalue weighted by Gasteiger charge is 2.07. The van der Waals surface area contributed by atoms with Gasteiger partial charge in [0.05, 0.1) is 5.71 Å². The largest absolute Gasteiger partial charge is 0.361 e. The molecule has 7 heteroatoms. The van der Waals surface area contributed by atoms with Crippen molar-refractivity contribution in [2.24, 2.45) is 10.8 Å². The van der Waals surface area contributed by atoms with Crippen molar-refractivity contribution < 1.29 is 14.4 Å². The molecule has 1 aromatic rings. The Morgan fingerprint density at radius 3 is 2.47 bits per heavy atom. The number of hydrogen-bond donors (Lipinski definition) is 3. The number of anilines is 1. The Kier molecular flexibility index (Phi) is 4.76. The number of carbonyl (C=O) groups is 3. The van der Waals surface area contributed by atoms with Gasteiger partial charge in [-0.3, -0.25) is 14.4 Å². The standard InChI is InChI=1S/C12H14N4O3/c1-7(15-16-12(19)11(13)18)9-4-3-5-10(6-9)14-8(2)17/h3-6H,1-2H3,(H2,13,18)(H,14,17)(H,16,19)/b15-7+. The number of nitrogens with one attached hydrogen (secondary N) is 2. The van der Waals surface area contributed by atoms with Crippen LogP contribution in [0.5, 0.6) is 0 Å². The third-order valence-corrected chi connectivity index (χ3v) is 2.15. The lowest BCUT2D eigenvalue weighted by molar-refractivity contribution is -0.137. The van der Waals surface area contributed by atoms with E-state index in [-0.39, 0.29) is 5.91 Å². The van der Waals surface area contributed by atoms with Crippen LogP contribution in [0.15, 0.2) is 29.4 Å². The Hall–Kier alpha value is -2.70. The summed E-state index contributed by atoms with van der Waals surface area (Å²) in [6, 6.07) is 6.90. The Labute approximate surface area is 109 Å². The van der Waals surface area contributed by atoms with E-state index in [1.165, 1.54) is 6.92 Å². The molecule has 3 amide bonds. The Balaban J connectivity index is 2.84. The summed E-state index contributed by atoms with van der Waals surface area (Å²) in [5.74, 6) is -2.28. The van der Waals surface area contributed by atoms with Crippen molar-refractivity contribution in [3.63, 3.8) is 0 Å². The molecule has 1 aromatic carbocycles. The number of rotatable bonds is 3. The molecule has 0 aliphatic heterocycles. The molecule has 0 radical (unpaired) electrons. The van der Waals surface area contributed by atoms with Gasteiger partial charge in [0.1, 0.15) is 0 Å². The molecule has 0 fully saturated rings. The van der Waals surface area contributed by atoms with Crippen molar-refractivity contribution in [2.75, 3.05) is 5.32 Å². The lowest BCUT2D eigenvalue weighted by atomic mass is 10.1. The summed E-state index contributed by atoms with van der Waals surface area (Å²) in [7, 11) is 0. The Bertz CT molecular complexity index is 552. The zero-order valence-corrected chi connectivity index (χ0v) is 10.6. The van der Waals surface area contributed by atoms with Gasteiger partial charge in [-0.2, -0.15) is 5.10 Å². The second-order valence-electron chi connectivity index (χ2n) is 3.76. The summed E-state index contributed by atoms with van der Waals surface area (Å²) < 4.78 is 0. The predicted octanol–water partition coefficient (Wildman–Crippen LogP) is -0.0295. The summed E-state index contributed by atoms with van der Waals surface area (Å²) >= 11 is 0. The molecule has 0 spiro atoms. The highest BCUT2D eigenvalue weighted by atomic mass is 16.2. The number of nitrogens with zero attached hydrogens (tertiary/aromatic N) is 1. The van der Waals surface area contributed by atoms with E-state index in [1.807, 2.05) is 5.43 Å². The lowest BCUT2D eigenvalue weighted by Crippen LogP contribution is -2.33. The van der Waals surface area contributed by atoms with E-state index in [1.54, 1.807) is 31.2 Å². The molecule has 1 rings (SSSR count). The minimum Gasteiger partial charge on any atom is -0.361 e. The zero-order chi connectivity index (χ0) is 14.4. The van der Waals surface area contributed by atoms with E-state index >= 15 is 0 Å². The first-order valence-corrected chi connectivity index (χ1v) is 5.42. The maximum Gasteiger partial charge on any atom is 0.329 e. The Morgan fingerprint density at radius 1 is 1.21 bits per heavy atom. The molecule has 19 heavy (non-hydrogen) atoms. The molecule has 0 atom stereocenters. The lowest BCUT2D eigenvalue weighted by Gasteiger charge is -2.05. The second-order valence-corrected chi connectivity index (χ2v) is 3.76. The van der Waals surface area contributed by atoms with Crippen molar-refractivity contribution >= 4 is 29.1 Å². The Morgan fingerprint density at radius 2 is 1.89 bits per heavy atom. The molecule has 0 aliphatic carbocycles. The molecule has 0 heterocycles. The number of hydrogen-bond acceptors (Lipinski definition) is 4.